The van der Waals surface area contributed by atoms with Crippen molar-refractivity contribution >= 4 is 36.4 Å². The molecule has 0 bridgehead atoms. The molecular formula is C32H36Cl2O6P2. The molecule has 0 saturated carbocycles. The molecule has 0 heterocycles. The van der Waals surface area contributed by atoms with Gasteiger partial charge in [-0.25, -0.2) is 4.57 Å². The van der Waals surface area contributed by atoms with Crippen LogP contribution in [-0.2, 0) is 9.13 Å². The molecule has 0 N–H and O–H groups in total. The number of hydrogen-bond acceptors (Lipinski definition) is 6. The number of phosphoric ester groups is 1. The van der Waals surface area contributed by atoms with Crippen molar-refractivity contribution in [2.45, 2.75) is 55.4 Å². The van der Waals surface area contributed by atoms with Crippen molar-refractivity contribution < 1.29 is 27.2 Å². The molecule has 224 valence electrons. The highest BCUT2D eigenvalue weighted by molar-refractivity contribution is 8.05. The Hall–Kier alpha value is -2.88. The van der Waals surface area contributed by atoms with Gasteiger partial charge in [0.2, 0.25) is 0 Å². The number of benzene rings is 4. The molecule has 4 rings (SSSR count). The van der Waals surface area contributed by atoms with E-state index in [4.69, 9.17) is 40.6 Å². The Morgan fingerprint density at radius 3 is 0.786 bits per heavy atom. The third kappa shape index (κ3) is 9.06. The molecule has 0 aromatic heterocycles. The van der Waals surface area contributed by atoms with Crippen molar-refractivity contribution in [1.82, 2.24) is 0 Å². The van der Waals surface area contributed by atoms with Crippen LogP contribution in [0, 0.1) is 55.4 Å². The molecule has 4 aromatic carbocycles. The number of aryl methyl sites for hydroxylation is 8. The van der Waals surface area contributed by atoms with Gasteiger partial charge in [-0.15, -0.1) is 0 Å². The molecule has 0 aliphatic carbocycles. The van der Waals surface area contributed by atoms with E-state index in [1.54, 1.807) is 0 Å². The summed E-state index contributed by atoms with van der Waals surface area (Å²) in [6.07, 6.45) is -3.50. The van der Waals surface area contributed by atoms with Crippen LogP contribution in [0.5, 0.6) is 23.0 Å². The van der Waals surface area contributed by atoms with Gasteiger partial charge in [0.1, 0.15) is 23.0 Å². The van der Waals surface area contributed by atoms with E-state index >= 15 is 0 Å². The second-order valence-corrected chi connectivity index (χ2v) is 15.8. The molecule has 0 fully saturated rings. The Morgan fingerprint density at radius 1 is 0.405 bits per heavy atom. The zero-order chi connectivity index (χ0) is 31.2. The van der Waals surface area contributed by atoms with E-state index < -0.39 is 13.9 Å². The first-order chi connectivity index (χ1) is 19.6. The van der Waals surface area contributed by atoms with E-state index in [0.717, 1.165) is 44.5 Å². The SMILES string of the molecule is Cc1cccc(C)c1OP(=O)(Cl)Cl.Cc1cccc(C)c1OP(=O)(Oc1c(C)cccc1C)Oc1c(C)cccc1C. The van der Waals surface area contributed by atoms with Crippen LogP contribution in [0.25, 0.3) is 0 Å². The Bertz CT molecular complexity index is 1450. The zero-order valence-corrected chi connectivity index (χ0v) is 28.3. The number of hydrogen-bond donors (Lipinski definition) is 0. The van der Waals surface area contributed by atoms with Gasteiger partial charge in [-0.05, 0) is 99.9 Å². The first kappa shape index (κ1) is 33.6. The average Bonchev–Trinajstić information content (AvgIpc) is 2.89. The maximum atomic E-state index is 14.0. The quantitative estimate of drug-likeness (QED) is 0.177. The maximum absolute atomic E-state index is 14.0. The predicted molar refractivity (Wildman–Crippen MR) is 173 cm³/mol. The second kappa shape index (κ2) is 14.1. The minimum absolute atomic E-state index is 0.496. The minimum Gasteiger partial charge on any atom is -0.422 e. The van der Waals surface area contributed by atoms with Crippen molar-refractivity contribution in [2.75, 3.05) is 0 Å². The molecule has 0 aliphatic rings. The number of rotatable bonds is 8. The van der Waals surface area contributed by atoms with Crippen molar-refractivity contribution in [2.24, 2.45) is 0 Å². The van der Waals surface area contributed by atoms with Gasteiger partial charge in [0.25, 0.3) is 0 Å². The van der Waals surface area contributed by atoms with Crippen molar-refractivity contribution in [1.29, 1.82) is 0 Å². The first-order valence-electron chi connectivity index (χ1n) is 13.2. The van der Waals surface area contributed by atoms with Gasteiger partial charge in [-0.3, -0.25) is 0 Å². The lowest BCUT2D eigenvalue weighted by Crippen LogP contribution is -2.11. The summed E-state index contributed by atoms with van der Waals surface area (Å²) >= 11 is 10.6. The standard InChI is InChI=1S/C24H27O4P.C8H9Cl2O2P/c1-16-10-7-11-17(2)22(16)26-29(25,27-23-18(3)12-8-13-19(23)4)28-24-20(5)14-9-15-21(24)6;1-6-4-3-5-7(2)8(6)12-13(9,10)11/h7-15H,1-6H3;3-5H,1-2H3. The van der Waals surface area contributed by atoms with Gasteiger partial charge in [0.15, 0.2) is 0 Å². The van der Waals surface area contributed by atoms with Crippen LogP contribution < -0.4 is 18.1 Å². The fraction of sp³-hybridized carbons (Fsp3) is 0.250. The lowest BCUT2D eigenvalue weighted by atomic mass is 10.1. The number of para-hydroxylation sites is 4. The van der Waals surface area contributed by atoms with Gasteiger partial charge in [0, 0.05) is 22.5 Å². The highest BCUT2D eigenvalue weighted by Gasteiger charge is 2.36. The molecule has 0 unspecified atom stereocenters. The monoisotopic (exact) mass is 648 g/mol. The summed E-state index contributed by atoms with van der Waals surface area (Å²) in [6, 6.07) is 22.8. The van der Waals surface area contributed by atoms with Crippen molar-refractivity contribution in [3.8, 4) is 23.0 Å². The van der Waals surface area contributed by atoms with E-state index in [2.05, 4.69) is 0 Å². The fourth-order valence-corrected chi connectivity index (χ4v) is 6.83. The third-order valence-electron chi connectivity index (χ3n) is 6.44. The molecular weight excluding hydrogens is 613 g/mol. The molecule has 0 aliphatic heterocycles. The highest BCUT2D eigenvalue weighted by Crippen LogP contribution is 2.58. The van der Waals surface area contributed by atoms with E-state index in [9.17, 15) is 9.13 Å². The Morgan fingerprint density at radius 2 is 0.595 bits per heavy atom. The fourth-order valence-electron chi connectivity index (χ4n) is 4.27. The van der Waals surface area contributed by atoms with Crippen LogP contribution in [-0.4, -0.2) is 0 Å². The first-order valence-corrected chi connectivity index (χ1v) is 18.1. The predicted octanol–water partition coefficient (Wildman–Crippen LogP) is 11.4. The van der Waals surface area contributed by atoms with Gasteiger partial charge >= 0.3 is 13.9 Å². The molecule has 0 saturated heterocycles. The van der Waals surface area contributed by atoms with E-state index in [1.807, 2.05) is 128 Å². The smallest absolute Gasteiger partial charge is 0.422 e. The molecule has 4 aromatic rings. The summed E-state index contributed by atoms with van der Waals surface area (Å²) in [4.78, 5) is 0. The molecule has 6 nitrogen and oxygen atoms in total. The molecule has 10 heteroatoms. The maximum Gasteiger partial charge on any atom is 0.647 e. The second-order valence-electron chi connectivity index (χ2n) is 10.1. The summed E-state index contributed by atoms with van der Waals surface area (Å²) in [7, 11) is -4.05. The molecule has 0 amide bonds. The summed E-state index contributed by atoms with van der Waals surface area (Å²) in [5, 5.41) is 0. The molecule has 0 atom stereocenters. The summed E-state index contributed by atoms with van der Waals surface area (Å²) < 4.78 is 47.9. The zero-order valence-electron chi connectivity index (χ0n) is 25.0. The lowest BCUT2D eigenvalue weighted by molar-refractivity contribution is 0.294. The minimum atomic E-state index is -4.05. The van der Waals surface area contributed by atoms with Crippen LogP contribution in [0.15, 0.2) is 72.8 Å². The summed E-state index contributed by atoms with van der Waals surface area (Å²) in [5.74, 6) is 2.02. The molecule has 42 heavy (non-hydrogen) atoms. The van der Waals surface area contributed by atoms with Gasteiger partial charge in [-0.1, -0.05) is 72.8 Å². The van der Waals surface area contributed by atoms with E-state index in [-0.39, 0.29) is 0 Å². The molecule has 0 spiro atoms. The normalized spacial score (nSPS) is 11.3. The van der Waals surface area contributed by atoms with Crippen molar-refractivity contribution in [3.63, 3.8) is 0 Å². The summed E-state index contributed by atoms with van der Waals surface area (Å²) in [6.45, 7) is 15.1. The largest absolute Gasteiger partial charge is 0.647 e. The van der Waals surface area contributed by atoms with Crippen molar-refractivity contribution in [3.05, 3.63) is 117 Å². The summed E-state index contributed by atoms with van der Waals surface area (Å²) in [5.41, 5.74) is 6.89. The molecule has 0 radical (unpaired) electrons. The van der Waals surface area contributed by atoms with Crippen LogP contribution in [0.2, 0.25) is 0 Å². The number of phosphoric acid groups is 1. The third-order valence-corrected chi connectivity index (χ3v) is 8.47. The van der Waals surface area contributed by atoms with Gasteiger partial charge in [0.05, 0.1) is 0 Å². The highest BCUT2D eigenvalue weighted by atomic mass is 35.9. The van der Waals surface area contributed by atoms with Gasteiger partial charge < -0.3 is 18.1 Å². The topological polar surface area (TPSA) is 71.1 Å². The van der Waals surface area contributed by atoms with E-state index in [1.165, 1.54) is 0 Å². The van der Waals surface area contributed by atoms with E-state index in [0.29, 0.717) is 23.0 Å². The van der Waals surface area contributed by atoms with Crippen LogP contribution >= 0.6 is 36.4 Å². The Balaban J connectivity index is 0.000000312. The Kier molecular flexibility index (Phi) is 11.3. The van der Waals surface area contributed by atoms with Crippen LogP contribution in [0.4, 0.5) is 0 Å². The van der Waals surface area contributed by atoms with Gasteiger partial charge in [-0.2, -0.15) is 4.57 Å². The number of halogens is 2. The average molecular weight is 649 g/mol. The van der Waals surface area contributed by atoms with Crippen LogP contribution in [0.3, 0.4) is 0 Å². The van der Waals surface area contributed by atoms with Crippen LogP contribution in [0.1, 0.15) is 44.5 Å². The lowest BCUT2D eigenvalue weighted by Gasteiger charge is -2.24. The Labute approximate surface area is 258 Å².